The fourth-order valence-electron chi connectivity index (χ4n) is 3.26. The van der Waals surface area contributed by atoms with Gasteiger partial charge in [0.15, 0.2) is 0 Å². The van der Waals surface area contributed by atoms with Crippen molar-refractivity contribution in [2.24, 2.45) is 0 Å². The first-order valence-electron chi connectivity index (χ1n) is 9.55. The van der Waals surface area contributed by atoms with Crippen LogP contribution in [0.1, 0.15) is 31.9 Å². The molecule has 4 nitrogen and oxygen atoms in total. The van der Waals surface area contributed by atoms with E-state index >= 15 is 0 Å². The van der Waals surface area contributed by atoms with Crippen molar-refractivity contribution in [1.82, 2.24) is 9.80 Å². The van der Waals surface area contributed by atoms with Crippen LogP contribution in [0.4, 0.5) is 19.3 Å². The van der Waals surface area contributed by atoms with Crippen molar-refractivity contribution in [1.29, 1.82) is 0 Å². The monoisotopic (exact) mass is 387 g/mol. The zero-order valence-corrected chi connectivity index (χ0v) is 16.6. The van der Waals surface area contributed by atoms with E-state index in [4.69, 9.17) is 0 Å². The highest BCUT2D eigenvalue weighted by Crippen LogP contribution is 2.23. The molecule has 0 spiro atoms. The molecule has 1 aliphatic heterocycles. The molecule has 1 N–H and O–H groups in total. The van der Waals surface area contributed by atoms with E-state index in [0.717, 1.165) is 37.8 Å². The predicted molar refractivity (Wildman–Crippen MR) is 107 cm³/mol. The second-order valence-corrected chi connectivity index (χ2v) is 8.26. The molecule has 0 radical (unpaired) electrons. The predicted octanol–water partition coefficient (Wildman–Crippen LogP) is 4.61. The van der Waals surface area contributed by atoms with Gasteiger partial charge in [0.05, 0.1) is 5.69 Å². The average molecular weight is 387 g/mol. The summed E-state index contributed by atoms with van der Waals surface area (Å²) in [5.41, 5.74) is 2.56. The minimum atomic E-state index is -0.646. The molecule has 2 aromatic rings. The third kappa shape index (κ3) is 5.07. The lowest BCUT2D eigenvalue weighted by atomic mass is 9.87. The maximum Gasteiger partial charge on any atom is 0.322 e. The topological polar surface area (TPSA) is 35.6 Å². The van der Waals surface area contributed by atoms with Crippen LogP contribution in [0.5, 0.6) is 0 Å². The van der Waals surface area contributed by atoms with Gasteiger partial charge in [-0.05, 0) is 28.7 Å². The van der Waals surface area contributed by atoms with E-state index in [2.05, 4.69) is 55.3 Å². The molecule has 6 heteroatoms. The average Bonchev–Trinajstić information content (AvgIpc) is 2.65. The summed E-state index contributed by atoms with van der Waals surface area (Å²) in [6.45, 7) is 9.98. The molecule has 0 atom stereocenters. The number of carbonyl (C=O) groups excluding carboxylic acids is 1. The third-order valence-electron chi connectivity index (χ3n) is 5.06. The summed E-state index contributed by atoms with van der Waals surface area (Å²) in [5, 5.41) is 2.46. The number of rotatable bonds is 3. The number of amides is 2. The van der Waals surface area contributed by atoms with E-state index in [1.54, 1.807) is 4.90 Å². The van der Waals surface area contributed by atoms with Crippen molar-refractivity contribution in [3.8, 4) is 0 Å². The number of hydrogen-bond donors (Lipinski definition) is 1. The lowest BCUT2D eigenvalue weighted by Crippen LogP contribution is -2.49. The van der Waals surface area contributed by atoms with Gasteiger partial charge in [0.2, 0.25) is 0 Å². The lowest BCUT2D eigenvalue weighted by Gasteiger charge is -2.34. The molecule has 28 heavy (non-hydrogen) atoms. The molecule has 0 unspecified atom stereocenters. The molecular formula is C22H27F2N3O. The first-order chi connectivity index (χ1) is 13.2. The Labute approximate surface area is 165 Å². The smallest absolute Gasteiger partial charge is 0.322 e. The van der Waals surface area contributed by atoms with Crippen molar-refractivity contribution < 1.29 is 13.6 Å². The summed E-state index contributed by atoms with van der Waals surface area (Å²) in [6, 6.07) is 11.3. The van der Waals surface area contributed by atoms with Gasteiger partial charge < -0.3 is 10.2 Å². The van der Waals surface area contributed by atoms with E-state index in [1.165, 1.54) is 11.1 Å². The summed E-state index contributed by atoms with van der Waals surface area (Å²) >= 11 is 0. The highest BCUT2D eigenvalue weighted by Gasteiger charge is 2.22. The Morgan fingerprint density at radius 1 is 1.00 bits per heavy atom. The quantitative estimate of drug-likeness (QED) is 0.835. The van der Waals surface area contributed by atoms with Crippen LogP contribution >= 0.6 is 0 Å². The van der Waals surface area contributed by atoms with Gasteiger partial charge in [0.1, 0.15) is 11.6 Å². The fraction of sp³-hybridized carbons (Fsp3) is 0.409. The summed E-state index contributed by atoms with van der Waals surface area (Å²) in [7, 11) is 0. The molecule has 0 bridgehead atoms. The lowest BCUT2D eigenvalue weighted by molar-refractivity contribution is 0.143. The second-order valence-electron chi connectivity index (χ2n) is 8.26. The van der Waals surface area contributed by atoms with Crippen LogP contribution in [0.25, 0.3) is 0 Å². The molecular weight excluding hydrogens is 360 g/mol. The molecule has 150 valence electrons. The largest absolute Gasteiger partial charge is 0.322 e. The Kier molecular flexibility index (Phi) is 5.98. The van der Waals surface area contributed by atoms with Crippen molar-refractivity contribution >= 4 is 11.7 Å². The number of nitrogens with one attached hydrogen (secondary N) is 1. The second kappa shape index (κ2) is 8.27. The van der Waals surface area contributed by atoms with Crippen molar-refractivity contribution in [2.45, 2.75) is 32.7 Å². The first kappa shape index (κ1) is 20.3. The van der Waals surface area contributed by atoms with Crippen molar-refractivity contribution in [3.05, 3.63) is 65.2 Å². The molecule has 0 saturated carbocycles. The molecule has 2 aromatic carbocycles. The highest BCUT2D eigenvalue weighted by atomic mass is 19.1. The molecule has 1 fully saturated rings. The van der Waals surface area contributed by atoms with Gasteiger partial charge in [-0.25, -0.2) is 13.6 Å². The number of anilines is 1. The van der Waals surface area contributed by atoms with Crippen molar-refractivity contribution in [3.63, 3.8) is 0 Å². The minimum Gasteiger partial charge on any atom is -0.322 e. The van der Waals surface area contributed by atoms with Crippen molar-refractivity contribution in [2.75, 3.05) is 31.5 Å². The Hall–Kier alpha value is -2.47. The normalized spacial score (nSPS) is 15.5. The van der Waals surface area contributed by atoms with Gasteiger partial charge in [-0.1, -0.05) is 45.0 Å². The zero-order valence-electron chi connectivity index (χ0n) is 16.6. The summed E-state index contributed by atoms with van der Waals surface area (Å²) < 4.78 is 26.9. The van der Waals surface area contributed by atoms with Crippen LogP contribution in [0.3, 0.4) is 0 Å². The van der Waals surface area contributed by atoms with E-state index in [1.807, 2.05) is 0 Å². The van der Waals surface area contributed by atoms with Gasteiger partial charge in [-0.2, -0.15) is 0 Å². The number of benzene rings is 2. The van der Waals surface area contributed by atoms with Gasteiger partial charge in [-0.15, -0.1) is 0 Å². The number of nitrogens with zero attached hydrogens (tertiary/aromatic N) is 2. The first-order valence-corrected chi connectivity index (χ1v) is 9.55. The van der Waals surface area contributed by atoms with Gasteiger partial charge in [-0.3, -0.25) is 4.90 Å². The Bertz CT molecular complexity index is 823. The summed E-state index contributed by atoms with van der Waals surface area (Å²) in [5.74, 6) is -1.23. The maximum absolute atomic E-state index is 13.7. The molecule has 1 saturated heterocycles. The Balaban J connectivity index is 1.51. The molecule has 3 rings (SSSR count). The minimum absolute atomic E-state index is 0.133. The summed E-state index contributed by atoms with van der Waals surface area (Å²) in [6.07, 6.45) is 0. The molecule has 2 amide bonds. The number of hydrogen-bond acceptors (Lipinski definition) is 2. The van der Waals surface area contributed by atoms with Crippen LogP contribution in [0, 0.1) is 11.6 Å². The van der Waals surface area contributed by atoms with E-state index < -0.39 is 17.7 Å². The number of carbonyl (C=O) groups is 1. The Morgan fingerprint density at radius 3 is 2.25 bits per heavy atom. The number of urea groups is 1. The van der Waals surface area contributed by atoms with Gasteiger partial charge in [0.25, 0.3) is 0 Å². The van der Waals surface area contributed by atoms with Crippen LogP contribution in [0.15, 0.2) is 42.5 Å². The molecule has 0 aromatic heterocycles. The van der Waals surface area contributed by atoms with Gasteiger partial charge >= 0.3 is 6.03 Å². The highest BCUT2D eigenvalue weighted by molar-refractivity contribution is 5.89. The van der Waals surface area contributed by atoms with Crippen LogP contribution < -0.4 is 5.32 Å². The number of piperazine rings is 1. The summed E-state index contributed by atoms with van der Waals surface area (Å²) in [4.78, 5) is 16.3. The molecule has 1 heterocycles. The molecule has 1 aliphatic rings. The molecule has 0 aliphatic carbocycles. The van der Waals surface area contributed by atoms with Gasteiger partial charge in [0, 0.05) is 38.8 Å². The fourth-order valence-corrected chi connectivity index (χ4v) is 3.26. The maximum atomic E-state index is 13.7. The zero-order chi connectivity index (χ0) is 20.3. The van der Waals surface area contributed by atoms with E-state index in [-0.39, 0.29) is 11.1 Å². The number of halogens is 2. The van der Waals surface area contributed by atoms with Crippen LogP contribution in [-0.2, 0) is 12.0 Å². The van der Waals surface area contributed by atoms with E-state index in [0.29, 0.717) is 13.1 Å². The van der Waals surface area contributed by atoms with E-state index in [9.17, 15) is 13.6 Å². The SMILES string of the molecule is CC(C)(C)c1ccc(CN2CCN(C(=O)Nc3cc(F)ccc3F)CC2)cc1. The Morgan fingerprint density at radius 2 is 1.64 bits per heavy atom. The standard InChI is InChI=1S/C22H27F2N3O/c1-22(2,3)17-6-4-16(5-7-17)15-26-10-12-27(13-11-26)21(28)25-20-14-18(23)8-9-19(20)24/h4-9,14H,10-13,15H2,1-3H3,(H,25,28). The van der Waals surface area contributed by atoms with Crippen LogP contribution in [0.2, 0.25) is 0 Å². The third-order valence-corrected chi connectivity index (χ3v) is 5.06. The van der Waals surface area contributed by atoms with Crippen LogP contribution in [-0.4, -0.2) is 42.0 Å².